The van der Waals surface area contributed by atoms with Crippen LogP contribution in [0, 0.1) is 0 Å². The number of carbonyl (C=O) groups is 1. The van der Waals surface area contributed by atoms with E-state index in [1.807, 2.05) is 0 Å². The van der Waals surface area contributed by atoms with E-state index in [2.05, 4.69) is 20.2 Å². The van der Waals surface area contributed by atoms with Crippen molar-refractivity contribution in [2.75, 3.05) is 18.0 Å². The molecule has 1 aromatic rings. The topological polar surface area (TPSA) is 58.1 Å². The van der Waals surface area contributed by atoms with E-state index in [-0.39, 0.29) is 11.9 Å². The first-order valence-corrected chi connectivity index (χ1v) is 9.20. The van der Waals surface area contributed by atoms with Crippen molar-refractivity contribution in [1.82, 2.24) is 15.3 Å². The second-order valence-electron chi connectivity index (χ2n) is 6.58. The van der Waals surface area contributed by atoms with Crippen LogP contribution in [-0.2, 0) is 0 Å². The van der Waals surface area contributed by atoms with Crippen LogP contribution in [0.2, 0.25) is 5.02 Å². The number of amides is 1. The summed E-state index contributed by atoms with van der Waals surface area (Å²) in [6.45, 7) is 1.90. The van der Waals surface area contributed by atoms with Gasteiger partial charge in [-0.2, -0.15) is 0 Å². The molecule has 23 heavy (non-hydrogen) atoms. The summed E-state index contributed by atoms with van der Waals surface area (Å²) in [5, 5.41) is 3.46. The van der Waals surface area contributed by atoms with Crippen molar-refractivity contribution in [2.45, 2.75) is 63.8 Å². The molecule has 0 atom stereocenters. The van der Waals surface area contributed by atoms with Crippen molar-refractivity contribution in [2.24, 2.45) is 0 Å². The first-order valence-electron chi connectivity index (χ1n) is 8.82. The summed E-state index contributed by atoms with van der Waals surface area (Å²) in [6.07, 6.45) is 12.2. The second kappa shape index (κ2) is 7.95. The maximum atomic E-state index is 12.6. The minimum Gasteiger partial charge on any atom is -0.348 e. The Bertz CT molecular complexity index is 537. The fourth-order valence-corrected chi connectivity index (χ4v) is 3.62. The number of carbonyl (C=O) groups excluding carboxylic acids is 1. The minimum atomic E-state index is -0.163. The fourth-order valence-electron chi connectivity index (χ4n) is 3.44. The van der Waals surface area contributed by atoms with E-state index >= 15 is 0 Å². The summed E-state index contributed by atoms with van der Waals surface area (Å²) in [5.74, 6) is 0.457. The highest BCUT2D eigenvalue weighted by molar-refractivity contribution is 6.33. The van der Waals surface area contributed by atoms with Crippen molar-refractivity contribution >= 4 is 23.5 Å². The smallest absolute Gasteiger partial charge is 0.271 e. The van der Waals surface area contributed by atoms with Crippen LogP contribution in [0.4, 0.5) is 5.95 Å². The highest BCUT2D eigenvalue weighted by atomic mass is 35.5. The number of rotatable bonds is 3. The third kappa shape index (κ3) is 4.34. The Kier molecular flexibility index (Phi) is 5.70. The van der Waals surface area contributed by atoms with Gasteiger partial charge < -0.3 is 10.2 Å². The Morgan fingerprint density at radius 2 is 1.74 bits per heavy atom. The van der Waals surface area contributed by atoms with E-state index in [1.54, 1.807) is 6.20 Å². The first kappa shape index (κ1) is 16.5. The lowest BCUT2D eigenvalue weighted by molar-refractivity contribution is 0.0925. The van der Waals surface area contributed by atoms with Gasteiger partial charge in [-0.3, -0.25) is 4.79 Å². The lowest BCUT2D eigenvalue weighted by Crippen LogP contribution is -2.36. The van der Waals surface area contributed by atoms with Crippen LogP contribution >= 0.6 is 11.6 Å². The summed E-state index contributed by atoms with van der Waals surface area (Å²) in [5.41, 5.74) is 0.311. The average molecular weight is 337 g/mol. The van der Waals surface area contributed by atoms with E-state index in [0.29, 0.717) is 16.7 Å². The summed E-state index contributed by atoms with van der Waals surface area (Å²) in [6, 6.07) is 0.240. The second-order valence-corrected chi connectivity index (χ2v) is 6.98. The molecule has 6 heteroatoms. The van der Waals surface area contributed by atoms with Crippen molar-refractivity contribution in [3.63, 3.8) is 0 Å². The lowest BCUT2D eigenvalue weighted by Gasteiger charge is -2.21. The molecule has 2 fully saturated rings. The highest BCUT2D eigenvalue weighted by Crippen LogP contribution is 2.21. The number of nitrogens with zero attached hydrogens (tertiary/aromatic N) is 3. The van der Waals surface area contributed by atoms with Crippen LogP contribution in [0.1, 0.15) is 68.3 Å². The molecule has 1 amide bonds. The van der Waals surface area contributed by atoms with Gasteiger partial charge in [-0.15, -0.1) is 0 Å². The van der Waals surface area contributed by atoms with Crippen LogP contribution in [-0.4, -0.2) is 35.0 Å². The maximum absolute atomic E-state index is 12.6. The van der Waals surface area contributed by atoms with Crippen molar-refractivity contribution < 1.29 is 4.79 Å². The molecule has 0 radical (unpaired) electrons. The van der Waals surface area contributed by atoms with Gasteiger partial charge in [0.1, 0.15) is 0 Å². The third-order valence-electron chi connectivity index (χ3n) is 4.78. The van der Waals surface area contributed by atoms with Crippen LogP contribution in [0.3, 0.4) is 0 Å². The van der Waals surface area contributed by atoms with E-state index in [4.69, 9.17) is 11.6 Å². The fraction of sp³-hybridized carbons (Fsp3) is 0.706. The molecule has 0 bridgehead atoms. The normalized spacial score (nSPS) is 20.1. The van der Waals surface area contributed by atoms with Gasteiger partial charge >= 0.3 is 0 Å². The summed E-state index contributed by atoms with van der Waals surface area (Å²) >= 11 is 6.17. The molecule has 3 rings (SSSR count). The monoisotopic (exact) mass is 336 g/mol. The highest BCUT2D eigenvalue weighted by Gasteiger charge is 2.21. The molecule has 1 aliphatic heterocycles. The Morgan fingerprint density at radius 3 is 2.43 bits per heavy atom. The number of aromatic nitrogens is 2. The Hall–Kier alpha value is -1.36. The van der Waals surface area contributed by atoms with Crippen molar-refractivity contribution in [1.29, 1.82) is 0 Å². The zero-order valence-electron chi connectivity index (χ0n) is 13.6. The molecular formula is C17H25ClN4O. The van der Waals surface area contributed by atoms with Crippen LogP contribution in [0.25, 0.3) is 0 Å². The SMILES string of the molecule is O=C(NC1CCCCCCC1)c1nc(N2CCCC2)ncc1Cl. The van der Waals surface area contributed by atoms with Crippen LogP contribution < -0.4 is 10.2 Å². The minimum absolute atomic E-state index is 0.163. The number of anilines is 1. The molecule has 5 nitrogen and oxygen atoms in total. The van der Waals surface area contributed by atoms with Gasteiger partial charge in [0, 0.05) is 19.1 Å². The molecule has 0 unspecified atom stereocenters. The van der Waals surface area contributed by atoms with Gasteiger partial charge in [-0.25, -0.2) is 9.97 Å². The van der Waals surface area contributed by atoms with Gasteiger partial charge in [0.2, 0.25) is 5.95 Å². The largest absolute Gasteiger partial charge is 0.348 e. The van der Waals surface area contributed by atoms with Gasteiger partial charge in [0.05, 0.1) is 11.2 Å². The van der Waals surface area contributed by atoms with E-state index < -0.39 is 0 Å². The molecule has 2 aliphatic rings. The Morgan fingerprint density at radius 1 is 1.09 bits per heavy atom. The summed E-state index contributed by atoms with van der Waals surface area (Å²) in [7, 11) is 0. The van der Waals surface area contributed by atoms with Crippen molar-refractivity contribution in [3.8, 4) is 0 Å². The molecule has 126 valence electrons. The van der Waals surface area contributed by atoms with Gasteiger partial charge in [0.15, 0.2) is 5.69 Å². The van der Waals surface area contributed by atoms with Gasteiger partial charge in [-0.1, -0.05) is 43.7 Å². The zero-order chi connectivity index (χ0) is 16.1. The quantitative estimate of drug-likeness (QED) is 0.916. The summed E-state index contributed by atoms with van der Waals surface area (Å²) in [4.78, 5) is 23.4. The number of hydrogen-bond acceptors (Lipinski definition) is 4. The predicted molar refractivity (Wildman–Crippen MR) is 92.1 cm³/mol. The van der Waals surface area contributed by atoms with Gasteiger partial charge in [-0.05, 0) is 25.7 Å². The lowest BCUT2D eigenvalue weighted by atomic mass is 9.96. The number of halogens is 1. The van der Waals surface area contributed by atoms with Gasteiger partial charge in [0.25, 0.3) is 5.91 Å². The first-order chi connectivity index (χ1) is 11.2. The number of nitrogens with one attached hydrogen (secondary N) is 1. The Balaban J connectivity index is 1.68. The molecule has 0 spiro atoms. The number of hydrogen-bond donors (Lipinski definition) is 1. The van der Waals surface area contributed by atoms with Crippen molar-refractivity contribution in [3.05, 3.63) is 16.9 Å². The molecule has 0 aromatic carbocycles. The molecule has 1 N–H and O–H groups in total. The third-order valence-corrected chi connectivity index (χ3v) is 5.05. The molecule has 1 aliphatic carbocycles. The average Bonchev–Trinajstić information content (AvgIpc) is 3.04. The molecule has 1 aromatic heterocycles. The zero-order valence-corrected chi connectivity index (χ0v) is 14.3. The van der Waals surface area contributed by atoms with Crippen LogP contribution in [0.15, 0.2) is 6.20 Å². The molecule has 2 heterocycles. The summed E-state index contributed by atoms with van der Waals surface area (Å²) < 4.78 is 0. The maximum Gasteiger partial charge on any atom is 0.271 e. The van der Waals surface area contributed by atoms with E-state index in [0.717, 1.165) is 38.8 Å². The van der Waals surface area contributed by atoms with E-state index in [1.165, 1.54) is 32.1 Å². The predicted octanol–water partition coefficient (Wildman–Crippen LogP) is 3.57. The Labute approximate surface area is 142 Å². The molecule has 1 saturated heterocycles. The molecule has 1 saturated carbocycles. The standard InChI is InChI=1S/C17H25ClN4O/c18-14-12-19-17(22-10-6-7-11-22)21-15(14)16(23)20-13-8-4-2-1-3-5-9-13/h12-13H,1-11H2,(H,20,23). The van der Waals surface area contributed by atoms with Crippen LogP contribution in [0.5, 0.6) is 0 Å². The van der Waals surface area contributed by atoms with E-state index in [9.17, 15) is 4.79 Å². The molecular weight excluding hydrogens is 312 g/mol.